The highest BCUT2D eigenvalue weighted by atomic mass is 32.2. The zero-order valence-corrected chi connectivity index (χ0v) is 28.8. The van der Waals surface area contributed by atoms with Gasteiger partial charge in [0.05, 0.1) is 4.90 Å². The number of ether oxygens (including phenoxy) is 2. The standard InChI is InChI=1S/C44H34O6S/c1-43(45,35-11-5-3-6-12-35)31-29-33-17-21-37(22-18-33)49-38-25-27-40(28-26-38)51(47,48)42-16-10-9-15-41(42)50-39-23-19-34(20-24-39)30-32-44(2,46)36-13-7-4-8-14-36/h3-28,45-46H,1-2H3. The fourth-order valence-electron chi connectivity index (χ4n) is 5.10. The number of rotatable bonds is 8. The Morgan fingerprint density at radius 1 is 0.490 bits per heavy atom. The summed E-state index contributed by atoms with van der Waals surface area (Å²) in [4.78, 5) is 0.0995. The molecular weight excluding hydrogens is 657 g/mol. The van der Waals surface area contributed by atoms with Gasteiger partial charge in [0, 0.05) is 11.1 Å². The molecule has 6 aromatic carbocycles. The molecule has 0 spiro atoms. The maximum absolute atomic E-state index is 13.7. The van der Waals surface area contributed by atoms with Gasteiger partial charge in [-0.3, -0.25) is 0 Å². The summed E-state index contributed by atoms with van der Waals surface area (Å²) in [6.45, 7) is 3.29. The molecule has 252 valence electrons. The van der Waals surface area contributed by atoms with E-state index in [0.717, 1.165) is 0 Å². The Morgan fingerprint density at radius 3 is 1.35 bits per heavy atom. The lowest BCUT2D eigenvalue weighted by Gasteiger charge is -2.16. The van der Waals surface area contributed by atoms with Crippen molar-refractivity contribution in [3.8, 4) is 46.7 Å². The van der Waals surface area contributed by atoms with Gasteiger partial charge in [0.15, 0.2) is 0 Å². The summed E-state index contributed by atoms with van der Waals surface area (Å²) in [5.41, 5.74) is 0.171. The van der Waals surface area contributed by atoms with E-state index in [-0.39, 0.29) is 15.5 Å². The van der Waals surface area contributed by atoms with E-state index in [9.17, 15) is 18.6 Å². The minimum Gasteiger partial charge on any atom is -0.457 e. The van der Waals surface area contributed by atoms with Crippen LogP contribution in [-0.2, 0) is 21.0 Å². The van der Waals surface area contributed by atoms with E-state index < -0.39 is 21.0 Å². The molecule has 0 saturated carbocycles. The topological polar surface area (TPSA) is 93.1 Å². The van der Waals surface area contributed by atoms with Crippen molar-refractivity contribution in [2.45, 2.75) is 34.8 Å². The van der Waals surface area contributed by atoms with Gasteiger partial charge in [-0.1, -0.05) is 96.5 Å². The van der Waals surface area contributed by atoms with Crippen LogP contribution in [0, 0.1) is 23.7 Å². The molecule has 2 unspecified atom stereocenters. The van der Waals surface area contributed by atoms with Crippen molar-refractivity contribution < 1.29 is 28.1 Å². The summed E-state index contributed by atoms with van der Waals surface area (Å²) in [6.07, 6.45) is 0. The van der Waals surface area contributed by atoms with E-state index >= 15 is 0 Å². The summed E-state index contributed by atoms with van der Waals surface area (Å²) >= 11 is 0. The van der Waals surface area contributed by atoms with E-state index in [0.29, 0.717) is 39.5 Å². The summed E-state index contributed by atoms with van der Waals surface area (Å²) in [6, 6.07) is 45.1. The molecule has 0 heterocycles. The third-order valence-corrected chi connectivity index (χ3v) is 9.83. The van der Waals surface area contributed by atoms with Gasteiger partial charge < -0.3 is 19.7 Å². The molecule has 2 atom stereocenters. The van der Waals surface area contributed by atoms with Crippen LogP contribution in [0.5, 0.6) is 23.0 Å². The normalized spacial score (nSPS) is 13.3. The Bertz CT molecular complexity index is 2340. The third-order valence-electron chi connectivity index (χ3n) is 8.02. The van der Waals surface area contributed by atoms with E-state index in [4.69, 9.17) is 9.47 Å². The van der Waals surface area contributed by atoms with Crippen LogP contribution in [0.4, 0.5) is 0 Å². The average molecular weight is 691 g/mol. The van der Waals surface area contributed by atoms with Crippen LogP contribution in [0.3, 0.4) is 0 Å². The van der Waals surface area contributed by atoms with Crippen molar-refractivity contribution in [3.05, 3.63) is 180 Å². The molecule has 0 aromatic heterocycles. The van der Waals surface area contributed by atoms with Crippen molar-refractivity contribution >= 4 is 9.84 Å². The summed E-state index contributed by atoms with van der Waals surface area (Å²) in [7, 11) is -3.95. The number of sulfone groups is 1. The van der Waals surface area contributed by atoms with E-state index in [1.165, 1.54) is 18.2 Å². The smallest absolute Gasteiger partial charge is 0.210 e. The number of aliphatic hydroxyl groups is 2. The average Bonchev–Trinajstić information content (AvgIpc) is 3.15. The van der Waals surface area contributed by atoms with Crippen molar-refractivity contribution in [1.29, 1.82) is 0 Å². The second-order valence-electron chi connectivity index (χ2n) is 12.1. The highest BCUT2D eigenvalue weighted by Gasteiger charge is 2.23. The fourth-order valence-corrected chi connectivity index (χ4v) is 6.48. The van der Waals surface area contributed by atoms with Crippen LogP contribution in [0.1, 0.15) is 36.1 Å². The number of hydrogen-bond acceptors (Lipinski definition) is 6. The molecule has 6 nitrogen and oxygen atoms in total. The molecule has 51 heavy (non-hydrogen) atoms. The molecule has 0 aliphatic carbocycles. The SMILES string of the molecule is CC(O)(C#Cc1ccc(Oc2ccc(S(=O)(=O)c3ccccc3Oc3ccc(C#CC(C)(O)c4ccccc4)cc3)cc2)cc1)c1ccccc1. The Kier molecular flexibility index (Phi) is 10.1. The molecule has 0 fully saturated rings. The Labute approximate surface area is 298 Å². The molecule has 0 aliphatic rings. The quantitative estimate of drug-likeness (QED) is 0.155. The van der Waals surface area contributed by atoms with Gasteiger partial charge in [-0.05, 0) is 110 Å². The monoisotopic (exact) mass is 690 g/mol. The highest BCUT2D eigenvalue weighted by molar-refractivity contribution is 7.91. The lowest BCUT2D eigenvalue weighted by molar-refractivity contribution is 0.121. The Morgan fingerprint density at radius 2 is 0.882 bits per heavy atom. The molecule has 0 bridgehead atoms. The molecule has 0 saturated heterocycles. The van der Waals surface area contributed by atoms with Gasteiger partial charge in [-0.15, -0.1) is 0 Å². The van der Waals surface area contributed by atoms with Gasteiger partial charge in [-0.25, -0.2) is 8.42 Å². The van der Waals surface area contributed by atoms with Gasteiger partial charge in [-0.2, -0.15) is 0 Å². The van der Waals surface area contributed by atoms with Gasteiger partial charge in [0.2, 0.25) is 9.84 Å². The first-order chi connectivity index (χ1) is 24.5. The summed E-state index contributed by atoms with van der Waals surface area (Å²) in [5.74, 6) is 13.4. The number of hydrogen-bond donors (Lipinski definition) is 2. The molecule has 7 heteroatoms. The first-order valence-corrected chi connectivity index (χ1v) is 17.6. The van der Waals surface area contributed by atoms with Crippen molar-refractivity contribution in [2.24, 2.45) is 0 Å². The molecule has 6 rings (SSSR count). The highest BCUT2D eigenvalue weighted by Crippen LogP contribution is 2.34. The van der Waals surface area contributed by atoms with Gasteiger partial charge in [0.25, 0.3) is 0 Å². The van der Waals surface area contributed by atoms with Crippen molar-refractivity contribution in [2.75, 3.05) is 0 Å². The van der Waals surface area contributed by atoms with Crippen LogP contribution in [0.15, 0.2) is 168 Å². The zero-order valence-electron chi connectivity index (χ0n) is 27.9. The van der Waals surface area contributed by atoms with E-state index in [2.05, 4.69) is 23.7 Å². The minimum absolute atomic E-state index is 0.0179. The Balaban J connectivity index is 1.12. The van der Waals surface area contributed by atoms with Gasteiger partial charge >= 0.3 is 0 Å². The minimum atomic E-state index is -3.95. The predicted octanol–water partition coefficient (Wildman–Crippen LogP) is 8.62. The van der Waals surface area contributed by atoms with Crippen LogP contribution in [0.25, 0.3) is 0 Å². The maximum atomic E-state index is 13.7. The van der Waals surface area contributed by atoms with E-state index in [1.54, 1.807) is 92.7 Å². The first kappa shape index (κ1) is 34.8. The molecule has 0 radical (unpaired) electrons. The third kappa shape index (κ3) is 8.56. The first-order valence-electron chi connectivity index (χ1n) is 16.1. The van der Waals surface area contributed by atoms with Crippen molar-refractivity contribution in [1.82, 2.24) is 0 Å². The summed E-state index contributed by atoms with van der Waals surface area (Å²) in [5, 5.41) is 21.5. The molecule has 6 aromatic rings. The number of benzene rings is 6. The summed E-state index contributed by atoms with van der Waals surface area (Å²) < 4.78 is 39.4. The van der Waals surface area contributed by atoms with Crippen molar-refractivity contribution in [3.63, 3.8) is 0 Å². The Hall–Kier alpha value is -6.09. The van der Waals surface area contributed by atoms with E-state index in [1.807, 2.05) is 60.7 Å². The molecular formula is C44H34O6S. The molecule has 0 aliphatic heterocycles. The molecule has 0 amide bonds. The maximum Gasteiger partial charge on any atom is 0.210 e. The second-order valence-corrected chi connectivity index (χ2v) is 14.0. The van der Waals surface area contributed by atoms with Crippen LogP contribution in [-0.4, -0.2) is 18.6 Å². The molecule has 2 N–H and O–H groups in total. The van der Waals surface area contributed by atoms with Crippen LogP contribution < -0.4 is 9.47 Å². The zero-order chi connectivity index (χ0) is 35.9. The number of para-hydroxylation sites is 1. The lowest BCUT2D eigenvalue weighted by atomic mass is 9.96. The second kappa shape index (κ2) is 14.8. The largest absolute Gasteiger partial charge is 0.457 e. The van der Waals surface area contributed by atoms with Gasteiger partial charge in [0.1, 0.15) is 39.1 Å². The van der Waals surface area contributed by atoms with Crippen LogP contribution >= 0.6 is 0 Å². The van der Waals surface area contributed by atoms with Crippen LogP contribution in [0.2, 0.25) is 0 Å². The fraction of sp³-hybridized carbons (Fsp3) is 0.0909. The predicted molar refractivity (Wildman–Crippen MR) is 197 cm³/mol. The lowest BCUT2D eigenvalue weighted by Crippen LogP contribution is -2.18.